The van der Waals surface area contributed by atoms with Gasteiger partial charge in [-0.05, 0) is 23.8 Å². The van der Waals surface area contributed by atoms with Gasteiger partial charge >= 0.3 is 0 Å². The maximum Gasteiger partial charge on any atom is 0.128 e. The van der Waals surface area contributed by atoms with Gasteiger partial charge in [-0.2, -0.15) is 0 Å². The number of hydrogen-bond donors (Lipinski definition) is 1. The molecule has 110 valence electrons. The summed E-state index contributed by atoms with van der Waals surface area (Å²) in [6.45, 7) is 4.63. The van der Waals surface area contributed by atoms with Crippen LogP contribution in [0.5, 0.6) is 5.75 Å². The number of carbonyl (C=O) groups excluding carboxylic acids is 1. The topological polar surface area (TPSA) is 57.0 Å². The molecule has 1 saturated heterocycles. The third-order valence-electron chi connectivity index (χ3n) is 3.48. The normalized spacial score (nSPS) is 17.1. The molecule has 6 heteroatoms. The van der Waals surface area contributed by atoms with E-state index in [1.54, 1.807) is 23.1 Å². The lowest BCUT2D eigenvalue weighted by molar-refractivity contribution is -0.884. The minimum absolute atomic E-state index is 0.445. The minimum Gasteiger partial charge on any atom is -0.546 e. The van der Waals surface area contributed by atoms with Crippen molar-refractivity contribution in [2.24, 2.45) is 0 Å². The predicted octanol–water partition coefficient (Wildman–Crippen LogP) is -1.20. The first-order valence-corrected chi connectivity index (χ1v) is 7.07. The van der Waals surface area contributed by atoms with Crippen molar-refractivity contribution in [1.82, 2.24) is 4.90 Å². The fourth-order valence-corrected chi connectivity index (χ4v) is 2.42. The highest BCUT2D eigenvalue weighted by Crippen LogP contribution is 2.23. The monoisotopic (exact) mass is 298 g/mol. The Morgan fingerprint density at radius 2 is 2.15 bits per heavy atom. The van der Waals surface area contributed by atoms with Gasteiger partial charge in [-0.25, -0.2) is 0 Å². The van der Waals surface area contributed by atoms with E-state index in [0.29, 0.717) is 10.8 Å². The fourth-order valence-electron chi connectivity index (χ4n) is 2.24. The highest BCUT2D eigenvalue weighted by molar-refractivity contribution is 6.31. The first-order valence-electron chi connectivity index (χ1n) is 6.69. The molecule has 0 bridgehead atoms. The zero-order valence-electron chi connectivity index (χ0n) is 11.5. The number of likely N-dealkylation sites (N-methyl/N-ethyl adjacent to an activating group) is 1. The molecule has 1 aromatic carbocycles. The number of quaternary nitrogens is 1. The number of carboxylic acid groups (broad SMARTS) is 1. The standard InChI is InChI=1S/C14H19ClN2O3/c1-16-4-6-17(7-5-16)9-11-8-12(2-3-13(11)15)20-10-14(18)19/h2-3,8H,4-7,9-10H2,1H3,(H,18,19). The summed E-state index contributed by atoms with van der Waals surface area (Å²) in [4.78, 5) is 14.3. The van der Waals surface area contributed by atoms with Crippen molar-refractivity contribution in [1.29, 1.82) is 0 Å². The van der Waals surface area contributed by atoms with E-state index in [2.05, 4.69) is 11.9 Å². The lowest BCUT2D eigenvalue weighted by Gasteiger charge is -2.30. The molecule has 5 nitrogen and oxygen atoms in total. The average molecular weight is 299 g/mol. The molecule has 1 aromatic rings. The van der Waals surface area contributed by atoms with Gasteiger partial charge in [-0.15, -0.1) is 0 Å². The summed E-state index contributed by atoms with van der Waals surface area (Å²) in [7, 11) is 2.19. The van der Waals surface area contributed by atoms with Crippen molar-refractivity contribution >= 4 is 17.6 Å². The van der Waals surface area contributed by atoms with Crippen LogP contribution in [0, 0.1) is 0 Å². The summed E-state index contributed by atoms with van der Waals surface area (Å²) in [6.07, 6.45) is 0. The van der Waals surface area contributed by atoms with Crippen LogP contribution in [-0.4, -0.2) is 50.7 Å². The van der Waals surface area contributed by atoms with Crippen LogP contribution < -0.4 is 14.7 Å². The van der Waals surface area contributed by atoms with Gasteiger partial charge in [0.1, 0.15) is 12.4 Å². The molecule has 0 amide bonds. The third-order valence-corrected chi connectivity index (χ3v) is 3.85. The number of halogens is 1. The minimum atomic E-state index is -1.23. The number of rotatable bonds is 5. The van der Waals surface area contributed by atoms with E-state index >= 15 is 0 Å². The molecule has 20 heavy (non-hydrogen) atoms. The molecule has 1 heterocycles. The highest BCUT2D eigenvalue weighted by atomic mass is 35.5. The van der Waals surface area contributed by atoms with Crippen LogP contribution in [0.25, 0.3) is 0 Å². The molecular formula is C14H19ClN2O3. The molecule has 0 radical (unpaired) electrons. The van der Waals surface area contributed by atoms with Crippen LogP contribution in [0.15, 0.2) is 18.2 Å². The van der Waals surface area contributed by atoms with Crippen LogP contribution in [0.2, 0.25) is 5.02 Å². The lowest BCUT2D eigenvalue weighted by Crippen LogP contribution is -3.11. The zero-order chi connectivity index (χ0) is 14.5. The molecule has 0 atom stereocenters. The van der Waals surface area contributed by atoms with Gasteiger partial charge in [-0.1, -0.05) is 11.6 Å². The molecule has 0 spiro atoms. The molecule has 2 rings (SSSR count). The second-order valence-corrected chi connectivity index (χ2v) is 5.55. The second-order valence-electron chi connectivity index (χ2n) is 5.15. The Morgan fingerprint density at radius 3 is 2.80 bits per heavy atom. The predicted molar refractivity (Wildman–Crippen MR) is 73.9 cm³/mol. The quantitative estimate of drug-likeness (QED) is 0.742. The number of piperazine rings is 1. The van der Waals surface area contributed by atoms with Crippen LogP contribution >= 0.6 is 11.6 Å². The number of hydrogen-bond acceptors (Lipinski definition) is 4. The van der Waals surface area contributed by atoms with E-state index in [9.17, 15) is 9.90 Å². The molecular weight excluding hydrogens is 280 g/mol. The number of carbonyl (C=O) groups is 1. The first-order chi connectivity index (χ1) is 9.54. The van der Waals surface area contributed by atoms with E-state index in [-0.39, 0.29) is 0 Å². The van der Waals surface area contributed by atoms with Crippen molar-refractivity contribution in [3.8, 4) is 5.75 Å². The Morgan fingerprint density at radius 1 is 1.45 bits per heavy atom. The van der Waals surface area contributed by atoms with Crippen LogP contribution in [0.3, 0.4) is 0 Å². The summed E-state index contributed by atoms with van der Waals surface area (Å²) in [5, 5.41) is 11.1. The van der Waals surface area contributed by atoms with Crippen molar-refractivity contribution < 1.29 is 19.5 Å². The van der Waals surface area contributed by atoms with Gasteiger partial charge in [0.2, 0.25) is 0 Å². The first kappa shape index (κ1) is 15.1. The van der Waals surface area contributed by atoms with Crippen molar-refractivity contribution in [2.75, 3.05) is 39.8 Å². The van der Waals surface area contributed by atoms with Crippen molar-refractivity contribution in [3.63, 3.8) is 0 Å². The Bertz CT molecular complexity index is 473. The Hall–Kier alpha value is -1.30. The number of benzene rings is 1. The van der Waals surface area contributed by atoms with Crippen molar-refractivity contribution in [3.05, 3.63) is 28.8 Å². The highest BCUT2D eigenvalue weighted by Gasteiger charge is 2.17. The number of ether oxygens (including phenoxy) is 1. The van der Waals surface area contributed by atoms with Gasteiger partial charge in [0, 0.05) is 24.7 Å². The molecule has 0 aromatic heterocycles. The van der Waals surface area contributed by atoms with Gasteiger partial charge < -0.3 is 19.5 Å². The maximum atomic E-state index is 10.4. The summed E-state index contributed by atoms with van der Waals surface area (Å²) in [5.41, 5.74) is 0.960. The zero-order valence-corrected chi connectivity index (χ0v) is 12.3. The molecule has 1 aliphatic heterocycles. The molecule has 0 aliphatic carbocycles. The van der Waals surface area contributed by atoms with Gasteiger partial charge in [-0.3, -0.25) is 4.90 Å². The third kappa shape index (κ3) is 4.37. The van der Waals surface area contributed by atoms with Crippen LogP contribution in [0.4, 0.5) is 0 Å². The van der Waals surface area contributed by atoms with Crippen LogP contribution in [0.1, 0.15) is 5.56 Å². The maximum absolute atomic E-state index is 10.4. The van der Waals surface area contributed by atoms with E-state index in [1.165, 1.54) is 0 Å². The molecule has 0 saturated carbocycles. The number of nitrogens with one attached hydrogen (secondary N) is 1. The van der Waals surface area contributed by atoms with E-state index in [1.807, 2.05) is 0 Å². The summed E-state index contributed by atoms with van der Waals surface area (Å²) < 4.78 is 5.13. The molecule has 1 aliphatic rings. The summed E-state index contributed by atoms with van der Waals surface area (Å²) in [6, 6.07) is 5.21. The number of carboxylic acids is 1. The van der Waals surface area contributed by atoms with Gasteiger partial charge in [0.15, 0.2) is 0 Å². The van der Waals surface area contributed by atoms with Crippen molar-refractivity contribution in [2.45, 2.75) is 6.54 Å². The van der Waals surface area contributed by atoms with E-state index in [4.69, 9.17) is 16.3 Å². The average Bonchev–Trinajstić information content (AvgIpc) is 2.42. The number of aliphatic carboxylic acids is 1. The van der Waals surface area contributed by atoms with E-state index in [0.717, 1.165) is 38.3 Å². The molecule has 0 unspecified atom stereocenters. The largest absolute Gasteiger partial charge is 0.546 e. The second kappa shape index (κ2) is 6.92. The molecule has 1 fully saturated rings. The summed E-state index contributed by atoms with van der Waals surface area (Å²) in [5.74, 6) is -0.725. The number of nitrogens with zero attached hydrogens (tertiary/aromatic N) is 1. The van der Waals surface area contributed by atoms with E-state index < -0.39 is 12.6 Å². The smallest absolute Gasteiger partial charge is 0.128 e. The van der Waals surface area contributed by atoms with Crippen LogP contribution in [-0.2, 0) is 11.3 Å². The lowest BCUT2D eigenvalue weighted by atomic mass is 10.2. The Balaban J connectivity index is 1.99. The fraction of sp³-hybridized carbons (Fsp3) is 0.500. The molecule has 1 N–H and O–H groups in total. The van der Waals surface area contributed by atoms with Gasteiger partial charge in [0.05, 0.1) is 26.1 Å². The Kier molecular flexibility index (Phi) is 5.23. The summed E-state index contributed by atoms with van der Waals surface area (Å²) >= 11 is 6.19. The van der Waals surface area contributed by atoms with Gasteiger partial charge in [0.25, 0.3) is 0 Å². The SMILES string of the molecule is C[NH+]1CCN(Cc2cc(OCC(=O)[O-])ccc2Cl)CC1. The Labute approximate surface area is 123 Å².